The molecule has 2 aromatic carbocycles. The van der Waals surface area contributed by atoms with Crippen molar-refractivity contribution in [2.24, 2.45) is 22.9 Å². The standard InChI is InChI=1S/C58H90N6O14/c1-14-47-58(10,71)51(67)37(6)63(12)29-33(2)27-56(8,70)53(35(4)50(36(5)54(69)75-47)76-48-28-57(9,72-13)52(68)38(7)74-48)77-55-49(66)46(25-34(3)73-55)62(11)24-23-43-30-64(61-59-43)31-44-26-45(60-78-44)42-21-19-41(20-22-42)40-17-15-39(32-65)16-18-40/h15-22,30,33-38,44,46-53,55,65-68,70-71H,14,23-29,31-32H2,1-13H3/t33-,34-,35+,36-,37-,38+,44-,46+,47-,48+,49-,50?,51-,52+,53-,55+,56-,57-,58-/m1/s1. The van der Waals surface area contributed by atoms with E-state index in [-0.39, 0.29) is 44.0 Å². The van der Waals surface area contributed by atoms with E-state index in [4.69, 9.17) is 33.3 Å². The van der Waals surface area contributed by atoms with Crippen molar-refractivity contribution in [2.75, 3.05) is 34.3 Å². The van der Waals surface area contributed by atoms with Crippen LogP contribution in [0.4, 0.5) is 0 Å². The number of aromatic nitrogens is 3. The van der Waals surface area contributed by atoms with Gasteiger partial charge < -0.3 is 73.7 Å². The highest BCUT2D eigenvalue weighted by Crippen LogP contribution is 2.40. The van der Waals surface area contributed by atoms with Crippen LogP contribution in [-0.2, 0) is 57.6 Å². The van der Waals surface area contributed by atoms with Gasteiger partial charge in [0.05, 0.1) is 66.1 Å². The molecule has 3 fully saturated rings. The van der Waals surface area contributed by atoms with Crippen LogP contribution < -0.4 is 0 Å². The van der Waals surface area contributed by atoms with Gasteiger partial charge in [0.1, 0.15) is 30.0 Å². The van der Waals surface area contributed by atoms with Crippen LogP contribution in [0.15, 0.2) is 59.9 Å². The van der Waals surface area contributed by atoms with E-state index in [9.17, 15) is 35.4 Å². The third-order valence-corrected chi connectivity index (χ3v) is 17.2. The minimum absolute atomic E-state index is 0.00684. The Labute approximate surface area is 460 Å². The molecule has 436 valence electrons. The van der Waals surface area contributed by atoms with E-state index < -0.39 is 102 Å². The fourth-order valence-electron chi connectivity index (χ4n) is 12.2. The number of methoxy groups -OCH3 is 1. The highest BCUT2D eigenvalue weighted by Gasteiger charge is 2.53. The maximum Gasteiger partial charge on any atom is 0.311 e. The van der Waals surface area contributed by atoms with Gasteiger partial charge >= 0.3 is 5.97 Å². The second-order valence-electron chi connectivity index (χ2n) is 23.8. The molecule has 3 aromatic rings. The number of aliphatic hydroxyl groups excluding tert-OH is 4. The number of ether oxygens (including phenoxy) is 6. The van der Waals surface area contributed by atoms with E-state index in [1.165, 1.54) is 14.0 Å². The molecule has 0 spiro atoms. The highest BCUT2D eigenvalue weighted by molar-refractivity contribution is 6.01. The number of benzene rings is 2. The summed E-state index contributed by atoms with van der Waals surface area (Å²) in [6, 6.07) is 15.0. The Bertz CT molecular complexity index is 2420. The molecule has 3 saturated heterocycles. The molecule has 0 saturated carbocycles. The molecule has 0 bridgehead atoms. The van der Waals surface area contributed by atoms with Crippen LogP contribution in [0.25, 0.3) is 11.1 Å². The van der Waals surface area contributed by atoms with Crippen molar-refractivity contribution >= 4 is 11.7 Å². The Morgan fingerprint density at radius 2 is 1.54 bits per heavy atom. The summed E-state index contributed by atoms with van der Waals surface area (Å²) in [6.45, 7) is 19.0. The first-order chi connectivity index (χ1) is 36.8. The molecule has 6 N–H and O–H groups in total. The lowest BCUT2D eigenvalue weighted by atomic mass is 9.77. The zero-order chi connectivity index (χ0) is 57.0. The molecule has 0 radical (unpaired) electrons. The van der Waals surface area contributed by atoms with Gasteiger partial charge in [0.2, 0.25) is 0 Å². The number of carbonyl (C=O) groups is 1. The van der Waals surface area contributed by atoms with Crippen LogP contribution in [0, 0.1) is 17.8 Å². The second-order valence-corrected chi connectivity index (χ2v) is 23.8. The predicted octanol–water partition coefficient (Wildman–Crippen LogP) is 4.46. The van der Waals surface area contributed by atoms with Crippen molar-refractivity contribution in [3.8, 4) is 11.1 Å². The van der Waals surface area contributed by atoms with Crippen LogP contribution in [-0.4, -0.2) is 198 Å². The summed E-state index contributed by atoms with van der Waals surface area (Å²) >= 11 is 0. The summed E-state index contributed by atoms with van der Waals surface area (Å²) in [5, 5.41) is 82.6. The van der Waals surface area contributed by atoms with Gasteiger partial charge in [-0.2, -0.15) is 0 Å². The molecule has 20 nitrogen and oxygen atoms in total. The van der Waals surface area contributed by atoms with Gasteiger partial charge in [-0.05, 0) is 110 Å². The van der Waals surface area contributed by atoms with Gasteiger partial charge in [-0.15, -0.1) is 5.10 Å². The van der Waals surface area contributed by atoms with E-state index in [0.29, 0.717) is 38.9 Å². The van der Waals surface area contributed by atoms with Crippen molar-refractivity contribution in [2.45, 2.75) is 217 Å². The minimum atomic E-state index is -1.84. The van der Waals surface area contributed by atoms with Gasteiger partial charge in [-0.3, -0.25) is 4.79 Å². The maximum absolute atomic E-state index is 14.5. The third kappa shape index (κ3) is 14.2. The smallest absolute Gasteiger partial charge is 0.311 e. The molecule has 7 rings (SSSR count). The number of esters is 1. The van der Waals surface area contributed by atoms with Crippen LogP contribution in [0.3, 0.4) is 0 Å². The maximum atomic E-state index is 14.5. The molecule has 20 heteroatoms. The highest BCUT2D eigenvalue weighted by atomic mass is 16.7. The summed E-state index contributed by atoms with van der Waals surface area (Å²) < 4.78 is 40.2. The summed E-state index contributed by atoms with van der Waals surface area (Å²) in [5.74, 6) is -2.81. The van der Waals surface area contributed by atoms with Gasteiger partial charge in [0.25, 0.3) is 0 Å². The van der Waals surface area contributed by atoms with Crippen LogP contribution in [0.5, 0.6) is 0 Å². The molecule has 0 amide bonds. The minimum Gasteiger partial charge on any atom is -0.459 e. The largest absolute Gasteiger partial charge is 0.459 e. The Kier molecular flexibility index (Phi) is 20.4. The monoisotopic (exact) mass is 1090 g/mol. The van der Waals surface area contributed by atoms with Gasteiger partial charge in [0.15, 0.2) is 18.7 Å². The SMILES string of the molecule is CC[C@H]1OC(=O)[C@H](C)C(O[C@H]2C[C@@](C)(OC)[C@@H](O)[C@H](C)O2)[C@H](C)[C@@H](O[C@@H]2O[C@H](C)C[C@H](N(C)CCc3cn(C[C@H]4CC(c5ccc(-c6ccc(CO)cc6)cc5)=NO4)nn3)[C@H]2O)[C@](C)(O)C[C@@H](C)CN(C)[C@H](C)[C@@H](O)[C@]1(C)O. The Hall–Kier alpha value is -4.00. The molecule has 19 atom stereocenters. The number of aliphatic hydroxyl groups is 6. The number of rotatable bonds is 15. The van der Waals surface area contributed by atoms with E-state index in [1.807, 2.05) is 82.4 Å². The number of carbonyl (C=O) groups excluding carboxylic acids is 1. The van der Waals surface area contributed by atoms with Crippen LogP contribution in [0.1, 0.15) is 118 Å². The molecular weight excluding hydrogens is 1000 g/mol. The number of nitrogens with zero attached hydrogens (tertiary/aromatic N) is 6. The van der Waals surface area contributed by atoms with Gasteiger partial charge in [-0.1, -0.05) is 79.7 Å². The lowest BCUT2D eigenvalue weighted by molar-refractivity contribution is -0.318. The molecule has 4 aliphatic heterocycles. The zero-order valence-corrected chi connectivity index (χ0v) is 48.1. The van der Waals surface area contributed by atoms with Gasteiger partial charge in [0, 0.05) is 63.7 Å². The van der Waals surface area contributed by atoms with Crippen molar-refractivity contribution in [3.63, 3.8) is 0 Å². The fourth-order valence-corrected chi connectivity index (χ4v) is 12.2. The van der Waals surface area contributed by atoms with Gasteiger partial charge in [-0.25, -0.2) is 4.68 Å². The van der Waals surface area contributed by atoms with Crippen molar-refractivity contribution < 1.29 is 68.7 Å². The lowest BCUT2D eigenvalue weighted by Gasteiger charge is -2.49. The molecule has 5 heterocycles. The van der Waals surface area contributed by atoms with Crippen molar-refractivity contribution in [3.05, 3.63) is 71.5 Å². The number of likely N-dealkylation sites (N-methyl/N-ethyl adjacent to an activating group) is 2. The van der Waals surface area contributed by atoms with E-state index in [2.05, 4.69) is 32.5 Å². The first kappa shape index (κ1) is 61.6. The van der Waals surface area contributed by atoms with Crippen molar-refractivity contribution in [1.82, 2.24) is 24.8 Å². The lowest BCUT2D eigenvalue weighted by Crippen LogP contribution is -2.61. The quantitative estimate of drug-likeness (QED) is 0.115. The summed E-state index contributed by atoms with van der Waals surface area (Å²) in [6.07, 6.45) is -6.34. The molecule has 0 aliphatic carbocycles. The average molecular weight is 1100 g/mol. The Morgan fingerprint density at radius 1 is 0.885 bits per heavy atom. The van der Waals surface area contributed by atoms with Crippen LogP contribution in [0.2, 0.25) is 0 Å². The molecule has 1 aromatic heterocycles. The summed E-state index contributed by atoms with van der Waals surface area (Å²) in [5.41, 5.74) is 1.04. The Morgan fingerprint density at radius 3 is 2.18 bits per heavy atom. The first-order valence-electron chi connectivity index (χ1n) is 28.0. The number of cyclic esters (lactones) is 1. The average Bonchev–Trinajstić information content (AvgIpc) is 4.08. The van der Waals surface area contributed by atoms with E-state index >= 15 is 0 Å². The third-order valence-electron chi connectivity index (χ3n) is 17.2. The second kappa shape index (κ2) is 25.8. The summed E-state index contributed by atoms with van der Waals surface area (Å²) in [7, 11) is 5.28. The predicted molar refractivity (Wildman–Crippen MR) is 291 cm³/mol. The number of hydrogen-bond donors (Lipinski definition) is 6. The fraction of sp³-hybridized carbons (Fsp3) is 0.724. The molecular formula is C58H90N6O14. The Balaban J connectivity index is 1.06. The van der Waals surface area contributed by atoms with E-state index in [1.54, 1.807) is 46.2 Å². The molecule has 78 heavy (non-hydrogen) atoms. The van der Waals surface area contributed by atoms with E-state index in [0.717, 1.165) is 33.7 Å². The topological polar surface area (TPSA) is 253 Å². The molecule has 4 aliphatic rings. The first-order valence-corrected chi connectivity index (χ1v) is 28.0. The number of oxime groups is 1. The zero-order valence-electron chi connectivity index (χ0n) is 48.1. The van der Waals surface area contributed by atoms with Crippen molar-refractivity contribution in [1.29, 1.82) is 0 Å². The normalized spacial score (nSPS) is 38.8. The molecule has 1 unspecified atom stereocenters. The van der Waals surface area contributed by atoms with Crippen LogP contribution >= 0.6 is 0 Å². The summed E-state index contributed by atoms with van der Waals surface area (Å²) in [4.78, 5) is 24.4. The number of hydrogen-bond acceptors (Lipinski definition) is 19.